The van der Waals surface area contributed by atoms with Gasteiger partial charge in [-0.05, 0) is 24.3 Å². The summed E-state index contributed by atoms with van der Waals surface area (Å²) >= 11 is 17.5. The third-order valence-corrected chi connectivity index (χ3v) is 3.01. The molecule has 2 aromatic rings. The van der Waals surface area contributed by atoms with Gasteiger partial charge in [-0.2, -0.15) is 0 Å². The zero-order valence-corrected chi connectivity index (χ0v) is 11.5. The van der Waals surface area contributed by atoms with Gasteiger partial charge < -0.3 is 4.74 Å². The third kappa shape index (κ3) is 3.29. The van der Waals surface area contributed by atoms with E-state index in [2.05, 4.69) is 0 Å². The topological polar surface area (TPSA) is 52.4 Å². The van der Waals surface area contributed by atoms with Crippen molar-refractivity contribution in [2.24, 2.45) is 0 Å². The Morgan fingerprint density at radius 1 is 0.947 bits per heavy atom. The normalized spacial score (nSPS) is 10.3. The second-order valence-corrected chi connectivity index (χ2v) is 4.83. The SMILES string of the molecule is O=[N+]([O-])c1cc(Cl)ccc1Oc1cc(Cl)ccc1Cl. The summed E-state index contributed by atoms with van der Waals surface area (Å²) in [7, 11) is 0. The number of nitro groups is 1. The number of rotatable bonds is 3. The Bertz CT molecular complexity index is 646. The van der Waals surface area contributed by atoms with Gasteiger partial charge in [-0.1, -0.05) is 34.8 Å². The van der Waals surface area contributed by atoms with E-state index in [-0.39, 0.29) is 22.2 Å². The van der Waals surface area contributed by atoms with Crippen LogP contribution >= 0.6 is 34.8 Å². The maximum Gasteiger partial charge on any atom is 0.313 e. The molecule has 0 aliphatic rings. The third-order valence-electron chi connectivity index (χ3n) is 2.23. The van der Waals surface area contributed by atoms with Gasteiger partial charge in [0.2, 0.25) is 5.75 Å². The molecule has 0 atom stereocenters. The van der Waals surface area contributed by atoms with Crippen LogP contribution in [-0.4, -0.2) is 4.92 Å². The second-order valence-electron chi connectivity index (χ2n) is 3.55. The van der Waals surface area contributed by atoms with Gasteiger partial charge in [-0.15, -0.1) is 0 Å². The van der Waals surface area contributed by atoms with E-state index in [1.54, 1.807) is 12.1 Å². The molecular weight excluding hydrogens is 312 g/mol. The number of nitrogens with zero attached hydrogens (tertiary/aromatic N) is 1. The highest BCUT2D eigenvalue weighted by Gasteiger charge is 2.17. The molecule has 0 aliphatic heterocycles. The fourth-order valence-electron chi connectivity index (χ4n) is 1.39. The van der Waals surface area contributed by atoms with E-state index < -0.39 is 4.92 Å². The predicted molar refractivity (Wildman–Crippen MR) is 74.6 cm³/mol. The highest BCUT2D eigenvalue weighted by atomic mass is 35.5. The summed E-state index contributed by atoms with van der Waals surface area (Å²) in [5.41, 5.74) is -0.247. The van der Waals surface area contributed by atoms with Crippen LogP contribution in [0.4, 0.5) is 5.69 Å². The van der Waals surface area contributed by atoms with Crippen molar-refractivity contribution in [3.05, 3.63) is 61.6 Å². The van der Waals surface area contributed by atoms with Gasteiger partial charge in [0, 0.05) is 22.2 Å². The molecule has 2 aromatic carbocycles. The Labute approximate surface area is 123 Å². The maximum absolute atomic E-state index is 10.9. The summed E-state index contributed by atoms with van der Waals surface area (Å²) in [5, 5.41) is 11.9. The molecule has 98 valence electrons. The van der Waals surface area contributed by atoms with Gasteiger partial charge in [0.15, 0.2) is 0 Å². The number of nitro benzene ring substituents is 1. The van der Waals surface area contributed by atoms with Gasteiger partial charge in [0.25, 0.3) is 0 Å². The highest BCUT2D eigenvalue weighted by molar-refractivity contribution is 6.34. The molecular formula is C12H6Cl3NO3. The van der Waals surface area contributed by atoms with Crippen LogP contribution in [0, 0.1) is 10.1 Å². The van der Waals surface area contributed by atoms with E-state index in [9.17, 15) is 10.1 Å². The molecule has 0 spiro atoms. The van der Waals surface area contributed by atoms with Crippen molar-refractivity contribution in [3.8, 4) is 11.5 Å². The Morgan fingerprint density at radius 2 is 1.58 bits per heavy atom. The molecule has 19 heavy (non-hydrogen) atoms. The monoisotopic (exact) mass is 317 g/mol. The van der Waals surface area contributed by atoms with Crippen molar-refractivity contribution in [2.45, 2.75) is 0 Å². The second kappa shape index (κ2) is 5.65. The Morgan fingerprint density at radius 3 is 2.26 bits per heavy atom. The van der Waals surface area contributed by atoms with Crippen molar-refractivity contribution >= 4 is 40.5 Å². The minimum Gasteiger partial charge on any atom is -0.449 e. The summed E-state index contributed by atoms with van der Waals surface area (Å²) in [6.07, 6.45) is 0. The lowest BCUT2D eigenvalue weighted by Gasteiger charge is -2.08. The van der Waals surface area contributed by atoms with Crippen LogP contribution < -0.4 is 4.74 Å². The average Bonchev–Trinajstić information content (AvgIpc) is 2.35. The van der Waals surface area contributed by atoms with Gasteiger partial charge in [0.1, 0.15) is 5.75 Å². The molecule has 0 bridgehead atoms. The smallest absolute Gasteiger partial charge is 0.313 e. The van der Waals surface area contributed by atoms with Crippen molar-refractivity contribution in [3.63, 3.8) is 0 Å². The minimum atomic E-state index is -0.584. The van der Waals surface area contributed by atoms with E-state index >= 15 is 0 Å². The molecule has 0 saturated heterocycles. The zero-order chi connectivity index (χ0) is 14.0. The molecule has 0 aliphatic carbocycles. The van der Waals surface area contributed by atoms with Crippen molar-refractivity contribution in [2.75, 3.05) is 0 Å². The van der Waals surface area contributed by atoms with E-state index in [0.717, 1.165) is 0 Å². The van der Waals surface area contributed by atoms with Gasteiger partial charge in [0.05, 0.1) is 9.95 Å². The first-order chi connectivity index (χ1) is 8.97. The van der Waals surface area contributed by atoms with Crippen molar-refractivity contribution in [1.82, 2.24) is 0 Å². The van der Waals surface area contributed by atoms with Crippen LogP contribution in [0.15, 0.2) is 36.4 Å². The first-order valence-corrected chi connectivity index (χ1v) is 6.17. The summed E-state index contributed by atoms with van der Waals surface area (Å²) in [5.74, 6) is 0.276. The van der Waals surface area contributed by atoms with Crippen LogP contribution in [0.3, 0.4) is 0 Å². The van der Waals surface area contributed by atoms with Crippen molar-refractivity contribution in [1.29, 1.82) is 0 Å². The Kier molecular flexibility index (Phi) is 4.14. The molecule has 2 rings (SSSR count). The predicted octanol–water partition coefficient (Wildman–Crippen LogP) is 5.35. The van der Waals surface area contributed by atoms with Crippen LogP contribution in [0.5, 0.6) is 11.5 Å². The standard InChI is InChI=1S/C12H6Cl3NO3/c13-7-2-4-11(10(5-7)16(17)18)19-12-6-8(14)1-3-9(12)15/h1-6H. The number of ether oxygens (including phenoxy) is 1. The summed E-state index contributed by atoms with van der Waals surface area (Å²) < 4.78 is 5.42. The fourth-order valence-corrected chi connectivity index (χ4v) is 1.88. The van der Waals surface area contributed by atoms with Crippen LogP contribution in [-0.2, 0) is 0 Å². The molecule has 4 nitrogen and oxygen atoms in total. The Balaban J connectivity index is 2.43. The molecule has 7 heteroatoms. The summed E-state index contributed by atoms with van der Waals surface area (Å²) in [6, 6.07) is 8.70. The highest BCUT2D eigenvalue weighted by Crippen LogP contribution is 2.37. The van der Waals surface area contributed by atoms with Crippen LogP contribution in [0.25, 0.3) is 0 Å². The van der Waals surface area contributed by atoms with Gasteiger partial charge in [-0.25, -0.2) is 0 Å². The zero-order valence-electron chi connectivity index (χ0n) is 9.27. The number of halogens is 3. The van der Waals surface area contributed by atoms with Crippen molar-refractivity contribution < 1.29 is 9.66 Å². The maximum atomic E-state index is 10.9. The van der Waals surface area contributed by atoms with Gasteiger partial charge in [-0.3, -0.25) is 10.1 Å². The van der Waals surface area contributed by atoms with E-state index in [1.165, 1.54) is 24.3 Å². The van der Waals surface area contributed by atoms with E-state index in [4.69, 9.17) is 39.5 Å². The van der Waals surface area contributed by atoms with Crippen LogP contribution in [0.1, 0.15) is 0 Å². The molecule has 0 saturated carbocycles. The lowest BCUT2D eigenvalue weighted by molar-refractivity contribution is -0.385. The lowest BCUT2D eigenvalue weighted by atomic mass is 10.3. The lowest BCUT2D eigenvalue weighted by Crippen LogP contribution is -1.93. The molecule has 0 unspecified atom stereocenters. The Hall–Kier alpha value is -1.49. The fraction of sp³-hybridized carbons (Fsp3) is 0. The van der Waals surface area contributed by atoms with E-state index in [1.807, 2.05) is 0 Å². The van der Waals surface area contributed by atoms with Crippen LogP contribution in [0.2, 0.25) is 15.1 Å². The quantitative estimate of drug-likeness (QED) is 0.566. The molecule has 0 radical (unpaired) electrons. The molecule has 0 N–H and O–H groups in total. The number of benzene rings is 2. The van der Waals surface area contributed by atoms with E-state index in [0.29, 0.717) is 10.0 Å². The molecule has 0 fully saturated rings. The largest absolute Gasteiger partial charge is 0.449 e. The average molecular weight is 319 g/mol. The summed E-state index contributed by atoms with van der Waals surface area (Å²) in [6.45, 7) is 0. The molecule has 0 heterocycles. The first kappa shape index (κ1) is 13.9. The number of hydrogen-bond acceptors (Lipinski definition) is 3. The number of hydrogen-bond donors (Lipinski definition) is 0. The van der Waals surface area contributed by atoms with Gasteiger partial charge >= 0.3 is 5.69 Å². The summed E-state index contributed by atoms with van der Waals surface area (Å²) in [4.78, 5) is 10.3. The first-order valence-electron chi connectivity index (χ1n) is 5.04. The minimum absolute atomic E-state index is 0.0403. The molecule has 0 aromatic heterocycles. The molecule has 0 amide bonds.